The molecule has 1 aromatic carbocycles. The summed E-state index contributed by atoms with van der Waals surface area (Å²) in [7, 11) is 1.75. The number of hydrogen-bond donors (Lipinski definition) is 2. The lowest BCUT2D eigenvalue weighted by molar-refractivity contribution is -0.0157. The molecule has 3 aliphatic rings. The van der Waals surface area contributed by atoms with E-state index in [1.54, 1.807) is 25.3 Å². The molecule has 1 unspecified atom stereocenters. The Morgan fingerprint density at radius 3 is 2.70 bits per heavy atom. The molecule has 0 bridgehead atoms. The largest absolute Gasteiger partial charge is 0.508 e. The van der Waals surface area contributed by atoms with Crippen LogP contribution in [0, 0.1) is 5.92 Å². The number of aliphatic hydroxyl groups excluding tert-OH is 1. The summed E-state index contributed by atoms with van der Waals surface area (Å²) in [4.78, 5) is 0. The second kappa shape index (κ2) is 5.55. The normalized spacial score (nSPS) is 32.5. The van der Waals surface area contributed by atoms with Crippen LogP contribution in [0.5, 0.6) is 5.75 Å². The monoisotopic (exact) mass is 312 g/mol. The predicted molar refractivity (Wildman–Crippen MR) is 86.1 cm³/mol. The second-order valence-corrected chi connectivity index (χ2v) is 6.38. The number of allylic oxidation sites excluding steroid dienone is 1. The standard InChI is InChI=1S/C19H20O4/c1-22-14-9-15-16-8-13(21)6-7-18(16)23-19(17(15)10-14)11-2-4-12(20)5-3-11/h2-8,14,17-21H,9-10H2,1H3/t14-,17+,18?,19+/m0/s1. The maximum atomic E-state index is 9.83. The first-order valence-electron chi connectivity index (χ1n) is 7.94. The molecule has 1 aromatic rings. The smallest absolute Gasteiger partial charge is 0.115 e. The van der Waals surface area contributed by atoms with Gasteiger partial charge in [-0.2, -0.15) is 0 Å². The Kier molecular flexibility index (Phi) is 3.51. The molecule has 4 nitrogen and oxygen atoms in total. The fourth-order valence-electron chi connectivity index (χ4n) is 3.92. The fourth-order valence-corrected chi connectivity index (χ4v) is 3.92. The van der Waals surface area contributed by atoms with E-state index >= 15 is 0 Å². The van der Waals surface area contributed by atoms with Crippen LogP contribution in [-0.4, -0.2) is 29.5 Å². The first-order valence-corrected chi connectivity index (χ1v) is 7.94. The highest BCUT2D eigenvalue weighted by molar-refractivity contribution is 5.46. The van der Waals surface area contributed by atoms with Crippen LogP contribution in [-0.2, 0) is 9.47 Å². The average molecular weight is 312 g/mol. The van der Waals surface area contributed by atoms with Gasteiger partial charge in [-0.1, -0.05) is 17.7 Å². The quantitative estimate of drug-likeness (QED) is 0.876. The average Bonchev–Trinajstić information content (AvgIpc) is 3.00. The molecule has 4 rings (SSSR count). The van der Waals surface area contributed by atoms with Crippen molar-refractivity contribution in [2.75, 3.05) is 7.11 Å². The van der Waals surface area contributed by atoms with Crippen LogP contribution in [0.2, 0.25) is 0 Å². The van der Waals surface area contributed by atoms with Crippen LogP contribution < -0.4 is 0 Å². The molecule has 4 atom stereocenters. The Labute approximate surface area is 135 Å². The molecule has 0 radical (unpaired) electrons. The molecule has 4 heteroatoms. The van der Waals surface area contributed by atoms with E-state index < -0.39 is 0 Å². The predicted octanol–water partition coefficient (Wildman–Crippen LogP) is 3.57. The van der Waals surface area contributed by atoms with Crippen LogP contribution >= 0.6 is 0 Å². The maximum Gasteiger partial charge on any atom is 0.115 e. The van der Waals surface area contributed by atoms with E-state index in [9.17, 15) is 10.2 Å². The molecule has 0 saturated heterocycles. The third-order valence-electron chi connectivity index (χ3n) is 5.05. The van der Waals surface area contributed by atoms with Crippen molar-refractivity contribution < 1.29 is 19.7 Å². The van der Waals surface area contributed by atoms with Gasteiger partial charge in [0.15, 0.2) is 0 Å². The second-order valence-electron chi connectivity index (χ2n) is 6.38. The van der Waals surface area contributed by atoms with Gasteiger partial charge in [0.25, 0.3) is 0 Å². The number of aliphatic hydroxyl groups is 1. The number of ether oxygens (including phenoxy) is 2. The van der Waals surface area contributed by atoms with Crippen molar-refractivity contribution in [2.45, 2.75) is 31.2 Å². The summed E-state index contributed by atoms with van der Waals surface area (Å²) in [6, 6.07) is 7.23. The van der Waals surface area contributed by atoms with E-state index in [1.807, 2.05) is 24.3 Å². The first kappa shape index (κ1) is 14.5. The van der Waals surface area contributed by atoms with E-state index in [0.29, 0.717) is 0 Å². The topological polar surface area (TPSA) is 58.9 Å². The van der Waals surface area contributed by atoms with E-state index in [-0.39, 0.29) is 35.7 Å². The Balaban J connectivity index is 1.76. The number of hydrogen-bond acceptors (Lipinski definition) is 4. The Hall–Kier alpha value is -2.04. The van der Waals surface area contributed by atoms with Gasteiger partial charge in [-0.05, 0) is 54.3 Å². The summed E-state index contributed by atoms with van der Waals surface area (Å²) in [6.45, 7) is 0. The minimum absolute atomic E-state index is 0.0576. The molecule has 0 amide bonds. The van der Waals surface area contributed by atoms with Crippen LogP contribution in [0.3, 0.4) is 0 Å². The summed E-state index contributed by atoms with van der Waals surface area (Å²) < 4.78 is 11.9. The number of fused-ring (bicyclic) bond motifs is 2. The van der Waals surface area contributed by atoms with Gasteiger partial charge in [-0.25, -0.2) is 0 Å². The van der Waals surface area contributed by atoms with Gasteiger partial charge >= 0.3 is 0 Å². The first-order chi connectivity index (χ1) is 11.2. The number of rotatable bonds is 2. The van der Waals surface area contributed by atoms with Gasteiger partial charge in [0.05, 0.1) is 12.2 Å². The van der Waals surface area contributed by atoms with E-state index in [1.165, 1.54) is 5.57 Å². The molecule has 1 aliphatic heterocycles. The van der Waals surface area contributed by atoms with Gasteiger partial charge in [-0.3, -0.25) is 0 Å². The van der Waals surface area contributed by atoms with Crippen molar-refractivity contribution in [3.8, 4) is 5.75 Å². The molecule has 120 valence electrons. The molecule has 1 heterocycles. The molecule has 0 aromatic heterocycles. The van der Waals surface area contributed by atoms with E-state index in [2.05, 4.69) is 0 Å². The Morgan fingerprint density at radius 1 is 1.17 bits per heavy atom. The number of phenols is 1. The zero-order valence-corrected chi connectivity index (χ0v) is 13.0. The molecule has 2 aliphatic carbocycles. The molecule has 1 saturated carbocycles. The summed E-state index contributed by atoms with van der Waals surface area (Å²) in [5, 5.41) is 19.4. The number of methoxy groups -OCH3 is 1. The van der Waals surface area contributed by atoms with E-state index in [4.69, 9.17) is 9.47 Å². The van der Waals surface area contributed by atoms with Crippen LogP contribution in [0.15, 0.2) is 59.4 Å². The van der Waals surface area contributed by atoms with Crippen molar-refractivity contribution in [2.24, 2.45) is 5.92 Å². The Morgan fingerprint density at radius 2 is 1.96 bits per heavy atom. The third kappa shape index (κ3) is 2.48. The minimum atomic E-state index is -0.133. The van der Waals surface area contributed by atoms with Gasteiger partial charge in [0.2, 0.25) is 0 Å². The van der Waals surface area contributed by atoms with Gasteiger partial charge < -0.3 is 19.7 Å². The highest BCUT2D eigenvalue weighted by atomic mass is 16.5. The highest BCUT2D eigenvalue weighted by Crippen LogP contribution is 2.50. The molecular formula is C19H20O4. The SMILES string of the molecule is CO[C@H]1CC2=C3C=C(O)C=CC3O[C@H](c3ccc(O)cc3)[C@@H]2C1. The summed E-state index contributed by atoms with van der Waals surface area (Å²) in [5.41, 5.74) is 3.46. The maximum absolute atomic E-state index is 9.83. The van der Waals surface area contributed by atoms with Gasteiger partial charge in [-0.15, -0.1) is 0 Å². The molecule has 2 N–H and O–H groups in total. The summed E-state index contributed by atoms with van der Waals surface area (Å²) >= 11 is 0. The minimum Gasteiger partial charge on any atom is -0.508 e. The number of phenolic OH excluding ortho intramolecular Hbond substituents is 1. The van der Waals surface area contributed by atoms with Crippen molar-refractivity contribution in [3.63, 3.8) is 0 Å². The van der Waals surface area contributed by atoms with E-state index in [0.717, 1.165) is 24.0 Å². The van der Waals surface area contributed by atoms with Crippen molar-refractivity contribution >= 4 is 0 Å². The molecule has 23 heavy (non-hydrogen) atoms. The summed E-state index contributed by atoms with van der Waals surface area (Å²) in [6.07, 6.45) is 7.19. The summed E-state index contributed by atoms with van der Waals surface area (Å²) in [5.74, 6) is 0.772. The zero-order valence-electron chi connectivity index (χ0n) is 13.0. The van der Waals surface area contributed by atoms with Crippen molar-refractivity contribution in [1.29, 1.82) is 0 Å². The fraction of sp³-hybridized carbons (Fsp3) is 0.368. The number of benzene rings is 1. The molecule has 1 fully saturated rings. The van der Waals surface area contributed by atoms with Crippen molar-refractivity contribution in [1.82, 2.24) is 0 Å². The van der Waals surface area contributed by atoms with Gasteiger partial charge in [0.1, 0.15) is 17.6 Å². The number of aromatic hydroxyl groups is 1. The zero-order chi connectivity index (χ0) is 16.0. The van der Waals surface area contributed by atoms with Crippen LogP contribution in [0.1, 0.15) is 24.5 Å². The van der Waals surface area contributed by atoms with Gasteiger partial charge in [0, 0.05) is 13.0 Å². The molecule has 0 spiro atoms. The lowest BCUT2D eigenvalue weighted by Crippen LogP contribution is -2.30. The Bertz CT molecular complexity index is 699. The molecular weight excluding hydrogens is 292 g/mol. The highest BCUT2D eigenvalue weighted by Gasteiger charge is 2.43. The van der Waals surface area contributed by atoms with Crippen molar-refractivity contribution in [3.05, 3.63) is 65.0 Å². The van der Waals surface area contributed by atoms with Crippen LogP contribution in [0.4, 0.5) is 0 Å². The van der Waals surface area contributed by atoms with Crippen LogP contribution in [0.25, 0.3) is 0 Å². The third-order valence-corrected chi connectivity index (χ3v) is 5.05. The lowest BCUT2D eigenvalue weighted by atomic mass is 9.82. The lowest BCUT2D eigenvalue weighted by Gasteiger charge is -2.37.